The van der Waals surface area contributed by atoms with Crippen LogP contribution in [0.25, 0.3) is 0 Å². The standard InChI is InChI=1S/C24H29ClN4O2S/c1-16(2)14-22(30)29-12-10-28(11-13-29)21-9-8-18(15-20(21)25)26-24(32)27-23(31)19-7-5-4-6-17(19)3/h4-9,15-16H,10-14H2,1-3H3,(H2,26,27,31,32). The minimum absolute atomic E-state index is 0.208. The summed E-state index contributed by atoms with van der Waals surface area (Å²) in [4.78, 5) is 28.8. The molecule has 0 aromatic heterocycles. The number of piperazine rings is 1. The van der Waals surface area contributed by atoms with Crippen LogP contribution >= 0.6 is 23.8 Å². The molecule has 2 amide bonds. The molecule has 2 aromatic rings. The van der Waals surface area contributed by atoms with Crippen LogP contribution in [0.2, 0.25) is 5.02 Å². The van der Waals surface area contributed by atoms with Gasteiger partial charge in [0.15, 0.2) is 5.11 Å². The molecule has 1 aliphatic heterocycles. The Morgan fingerprint density at radius 1 is 1.09 bits per heavy atom. The third-order valence-electron chi connectivity index (χ3n) is 5.38. The fourth-order valence-corrected chi connectivity index (χ4v) is 4.19. The molecular weight excluding hydrogens is 444 g/mol. The number of thiocarbonyl (C=S) groups is 1. The second kappa shape index (κ2) is 10.8. The van der Waals surface area contributed by atoms with Gasteiger partial charge in [-0.05, 0) is 54.9 Å². The normalized spacial score (nSPS) is 13.8. The molecule has 0 atom stereocenters. The van der Waals surface area contributed by atoms with Gasteiger partial charge in [-0.15, -0.1) is 0 Å². The molecule has 0 spiro atoms. The summed E-state index contributed by atoms with van der Waals surface area (Å²) in [6.45, 7) is 8.85. The first-order valence-corrected chi connectivity index (χ1v) is 11.5. The van der Waals surface area contributed by atoms with E-state index >= 15 is 0 Å². The zero-order valence-corrected chi connectivity index (χ0v) is 20.2. The zero-order valence-electron chi connectivity index (χ0n) is 18.7. The third-order valence-corrected chi connectivity index (χ3v) is 5.89. The third kappa shape index (κ3) is 6.20. The first kappa shape index (κ1) is 24.0. The maximum atomic E-state index is 12.4. The number of halogens is 1. The second-order valence-electron chi connectivity index (χ2n) is 8.36. The predicted molar refractivity (Wildman–Crippen MR) is 135 cm³/mol. The van der Waals surface area contributed by atoms with Crippen molar-refractivity contribution < 1.29 is 9.59 Å². The maximum absolute atomic E-state index is 12.4. The quantitative estimate of drug-likeness (QED) is 0.628. The zero-order chi connectivity index (χ0) is 23.3. The highest BCUT2D eigenvalue weighted by Crippen LogP contribution is 2.30. The molecule has 3 rings (SSSR count). The van der Waals surface area contributed by atoms with Gasteiger partial charge in [-0.3, -0.25) is 14.9 Å². The number of aryl methyl sites for hydroxylation is 1. The molecule has 6 nitrogen and oxygen atoms in total. The van der Waals surface area contributed by atoms with Gasteiger partial charge in [-0.2, -0.15) is 0 Å². The van der Waals surface area contributed by atoms with Gasteiger partial charge >= 0.3 is 0 Å². The Kier molecular flexibility index (Phi) is 8.10. The number of hydrogen-bond donors (Lipinski definition) is 2. The molecular formula is C24H29ClN4O2S. The molecule has 2 N–H and O–H groups in total. The number of hydrogen-bond acceptors (Lipinski definition) is 4. The Balaban J connectivity index is 1.56. The number of carbonyl (C=O) groups excluding carboxylic acids is 2. The monoisotopic (exact) mass is 472 g/mol. The Labute approximate surface area is 199 Å². The second-order valence-corrected chi connectivity index (χ2v) is 9.17. The number of benzene rings is 2. The van der Waals surface area contributed by atoms with Gasteiger partial charge in [0, 0.05) is 43.9 Å². The van der Waals surface area contributed by atoms with Crippen molar-refractivity contribution in [3.8, 4) is 0 Å². The van der Waals surface area contributed by atoms with Gasteiger partial charge in [0.05, 0.1) is 10.7 Å². The van der Waals surface area contributed by atoms with Gasteiger partial charge in [0.25, 0.3) is 5.91 Å². The summed E-state index contributed by atoms with van der Waals surface area (Å²) in [5.41, 5.74) is 3.07. The van der Waals surface area contributed by atoms with E-state index in [-0.39, 0.29) is 16.9 Å². The van der Waals surface area contributed by atoms with Crippen molar-refractivity contribution in [2.75, 3.05) is 36.4 Å². The molecule has 0 aliphatic carbocycles. The number of anilines is 2. The van der Waals surface area contributed by atoms with Gasteiger partial charge in [-0.25, -0.2) is 0 Å². The largest absolute Gasteiger partial charge is 0.367 e. The summed E-state index contributed by atoms with van der Waals surface area (Å²) in [5.74, 6) is 0.322. The molecule has 32 heavy (non-hydrogen) atoms. The van der Waals surface area contributed by atoms with Crippen molar-refractivity contribution in [1.29, 1.82) is 0 Å². The van der Waals surface area contributed by atoms with E-state index in [2.05, 4.69) is 29.4 Å². The number of rotatable bonds is 5. The lowest BCUT2D eigenvalue weighted by molar-refractivity contribution is -0.132. The average Bonchev–Trinajstić information content (AvgIpc) is 2.73. The minimum atomic E-state index is -0.256. The molecule has 1 heterocycles. The van der Waals surface area contributed by atoms with Crippen LogP contribution in [-0.4, -0.2) is 48.0 Å². The highest BCUT2D eigenvalue weighted by Gasteiger charge is 2.23. The van der Waals surface area contributed by atoms with Crippen LogP contribution in [0.1, 0.15) is 36.2 Å². The van der Waals surface area contributed by atoms with E-state index in [1.165, 1.54) is 0 Å². The molecule has 2 aromatic carbocycles. The smallest absolute Gasteiger partial charge is 0.257 e. The first-order valence-electron chi connectivity index (χ1n) is 10.7. The number of nitrogens with zero attached hydrogens (tertiary/aromatic N) is 2. The lowest BCUT2D eigenvalue weighted by Gasteiger charge is -2.37. The van der Waals surface area contributed by atoms with Crippen molar-refractivity contribution in [1.82, 2.24) is 10.2 Å². The van der Waals surface area contributed by atoms with Gasteiger partial charge in [0.2, 0.25) is 5.91 Å². The Hall–Kier alpha value is -2.64. The van der Waals surface area contributed by atoms with E-state index in [1.54, 1.807) is 12.1 Å². The van der Waals surface area contributed by atoms with Crippen LogP contribution in [0.5, 0.6) is 0 Å². The van der Waals surface area contributed by atoms with Gasteiger partial charge < -0.3 is 15.1 Å². The van der Waals surface area contributed by atoms with Crippen LogP contribution in [0, 0.1) is 12.8 Å². The fraction of sp³-hybridized carbons (Fsp3) is 0.375. The van der Waals surface area contributed by atoms with E-state index in [9.17, 15) is 9.59 Å². The fourth-order valence-electron chi connectivity index (χ4n) is 3.68. The van der Waals surface area contributed by atoms with E-state index in [0.717, 1.165) is 24.3 Å². The average molecular weight is 473 g/mol. The van der Waals surface area contributed by atoms with E-state index in [0.29, 0.717) is 41.7 Å². The molecule has 1 aliphatic rings. The van der Waals surface area contributed by atoms with Crippen LogP contribution in [0.3, 0.4) is 0 Å². The lowest BCUT2D eigenvalue weighted by Crippen LogP contribution is -2.49. The first-order chi connectivity index (χ1) is 15.2. The predicted octanol–water partition coefficient (Wildman–Crippen LogP) is 4.47. The molecule has 0 bridgehead atoms. The van der Waals surface area contributed by atoms with E-state index < -0.39 is 0 Å². The molecule has 0 radical (unpaired) electrons. The number of carbonyl (C=O) groups is 2. The Morgan fingerprint density at radius 3 is 2.41 bits per heavy atom. The summed E-state index contributed by atoms with van der Waals surface area (Å²) in [6, 6.07) is 12.9. The van der Waals surface area contributed by atoms with E-state index in [1.807, 2.05) is 42.2 Å². The van der Waals surface area contributed by atoms with Crippen molar-refractivity contribution in [2.24, 2.45) is 5.92 Å². The summed E-state index contributed by atoms with van der Waals surface area (Å²) in [5, 5.41) is 6.51. The minimum Gasteiger partial charge on any atom is -0.367 e. The van der Waals surface area contributed by atoms with Crippen molar-refractivity contribution in [3.05, 3.63) is 58.6 Å². The van der Waals surface area contributed by atoms with Crippen LogP contribution in [-0.2, 0) is 4.79 Å². The van der Waals surface area contributed by atoms with Crippen molar-refractivity contribution in [2.45, 2.75) is 27.2 Å². The summed E-state index contributed by atoms with van der Waals surface area (Å²) in [7, 11) is 0. The van der Waals surface area contributed by atoms with Crippen LogP contribution in [0.4, 0.5) is 11.4 Å². The topological polar surface area (TPSA) is 64.7 Å². The molecule has 170 valence electrons. The van der Waals surface area contributed by atoms with E-state index in [4.69, 9.17) is 23.8 Å². The van der Waals surface area contributed by atoms with Crippen LogP contribution < -0.4 is 15.5 Å². The molecule has 0 unspecified atom stereocenters. The molecule has 0 saturated carbocycles. The van der Waals surface area contributed by atoms with Crippen molar-refractivity contribution >= 4 is 52.1 Å². The Bertz CT molecular complexity index is 1000. The summed E-state index contributed by atoms with van der Waals surface area (Å²) >= 11 is 11.8. The van der Waals surface area contributed by atoms with Crippen LogP contribution in [0.15, 0.2) is 42.5 Å². The highest BCUT2D eigenvalue weighted by atomic mass is 35.5. The summed E-state index contributed by atoms with van der Waals surface area (Å²) in [6.07, 6.45) is 0.585. The number of nitrogens with one attached hydrogen (secondary N) is 2. The summed E-state index contributed by atoms with van der Waals surface area (Å²) < 4.78 is 0. The molecule has 1 fully saturated rings. The van der Waals surface area contributed by atoms with Crippen molar-refractivity contribution in [3.63, 3.8) is 0 Å². The lowest BCUT2D eigenvalue weighted by atomic mass is 10.1. The molecule has 8 heteroatoms. The maximum Gasteiger partial charge on any atom is 0.257 e. The SMILES string of the molecule is Cc1ccccc1C(=O)NC(=S)Nc1ccc(N2CCN(C(=O)CC(C)C)CC2)c(Cl)c1. The Morgan fingerprint density at radius 2 is 1.78 bits per heavy atom. The molecule has 1 saturated heterocycles. The van der Waals surface area contributed by atoms with Gasteiger partial charge in [0.1, 0.15) is 0 Å². The highest BCUT2D eigenvalue weighted by molar-refractivity contribution is 7.80. The van der Waals surface area contributed by atoms with Gasteiger partial charge in [-0.1, -0.05) is 43.6 Å². The number of amides is 2.